The molecule has 0 aliphatic heterocycles. The molecule has 0 fully saturated rings. The van der Waals surface area contributed by atoms with Crippen molar-refractivity contribution in [3.05, 3.63) is 85.1 Å². The van der Waals surface area contributed by atoms with Crippen molar-refractivity contribution >= 4 is 19.8 Å². The first-order chi connectivity index (χ1) is 31.0. The highest BCUT2D eigenvalue weighted by atomic mass is 31.2. The monoisotopic (exact) mass is 917 g/mol. The maximum atomic E-state index is 12.8. The summed E-state index contributed by atoms with van der Waals surface area (Å²) in [5, 5.41) is 0. The minimum Gasteiger partial charge on any atom is -0.462 e. The van der Waals surface area contributed by atoms with E-state index in [0.29, 0.717) is 17.4 Å². The number of esters is 2. The van der Waals surface area contributed by atoms with E-state index < -0.39 is 26.5 Å². The summed E-state index contributed by atoms with van der Waals surface area (Å²) in [7, 11) is 1.45. The number of carbonyl (C=O) groups is 2. The second-order valence-electron chi connectivity index (χ2n) is 17.8. The number of phosphoric ester groups is 1. The van der Waals surface area contributed by atoms with Gasteiger partial charge in [0.1, 0.15) is 19.8 Å². The molecule has 64 heavy (non-hydrogen) atoms. The molecule has 0 bridgehead atoms. The SMILES string of the molecule is CC/C=C\C/C=C\C/C=C\C/C=C\C/C=C\C/C=C\CCCCCCCCCCC(=O)OC(COC(=O)CCCCCCC/C=C\CCCCCC)COP(=O)(O)OCC[N+](C)(C)C. The molecule has 9 nitrogen and oxygen atoms in total. The van der Waals surface area contributed by atoms with Gasteiger partial charge in [-0.15, -0.1) is 0 Å². The van der Waals surface area contributed by atoms with Gasteiger partial charge in [-0.25, -0.2) is 4.57 Å². The largest absolute Gasteiger partial charge is 0.472 e. The van der Waals surface area contributed by atoms with Crippen LogP contribution >= 0.6 is 7.82 Å². The predicted octanol–water partition coefficient (Wildman–Crippen LogP) is 15.1. The quantitative estimate of drug-likeness (QED) is 0.0212. The number of unbranched alkanes of at least 4 members (excludes halogenated alkanes) is 17. The molecule has 0 aromatic rings. The summed E-state index contributed by atoms with van der Waals surface area (Å²) in [5.41, 5.74) is 0. The lowest BCUT2D eigenvalue weighted by Gasteiger charge is -2.24. The predicted molar refractivity (Wildman–Crippen MR) is 270 cm³/mol. The summed E-state index contributed by atoms with van der Waals surface area (Å²) < 4.78 is 34.4. The molecule has 0 aliphatic rings. The summed E-state index contributed by atoms with van der Waals surface area (Å²) in [6.07, 6.45) is 59.2. The molecule has 0 radical (unpaired) electrons. The van der Waals surface area contributed by atoms with E-state index in [4.69, 9.17) is 18.5 Å². The van der Waals surface area contributed by atoms with Crippen LogP contribution in [0, 0.1) is 0 Å². The van der Waals surface area contributed by atoms with Gasteiger partial charge in [-0.1, -0.05) is 176 Å². The summed E-state index contributed by atoms with van der Waals surface area (Å²) in [4.78, 5) is 35.5. The number of quaternary nitrogens is 1. The molecule has 0 amide bonds. The summed E-state index contributed by atoms with van der Waals surface area (Å²) in [5.74, 6) is -0.823. The standard InChI is InChI=1S/C54H94NO8P/c1-6-8-10-12-14-16-18-20-21-22-23-24-25-26-27-28-29-30-31-32-33-35-37-39-41-43-45-47-54(57)63-52(51-62-64(58,59)61-49-48-55(3,4)5)50-60-53(56)46-44-42-40-38-36-34-19-17-15-13-11-9-7-2/h8,10,14,16-17,19-21,23-24,26-27,29-30,52H,6-7,9,11-13,15,18,22,25,28,31-51H2,1-5H3/p+1/b10-8-,16-14-,19-17-,21-20-,24-23-,27-26-,30-29-. The van der Waals surface area contributed by atoms with E-state index in [1.807, 2.05) is 21.1 Å². The molecular weight excluding hydrogens is 822 g/mol. The van der Waals surface area contributed by atoms with Gasteiger partial charge in [-0.05, 0) is 89.9 Å². The van der Waals surface area contributed by atoms with Gasteiger partial charge in [0.15, 0.2) is 6.10 Å². The van der Waals surface area contributed by atoms with Crippen molar-refractivity contribution in [2.24, 2.45) is 0 Å². The van der Waals surface area contributed by atoms with Crippen LogP contribution in [0.5, 0.6) is 0 Å². The van der Waals surface area contributed by atoms with Gasteiger partial charge in [-0.3, -0.25) is 18.6 Å². The van der Waals surface area contributed by atoms with Gasteiger partial charge >= 0.3 is 19.8 Å². The third-order valence-electron chi connectivity index (χ3n) is 10.4. The second kappa shape index (κ2) is 45.4. The van der Waals surface area contributed by atoms with Crippen LogP contribution < -0.4 is 0 Å². The molecule has 0 heterocycles. The molecule has 0 aromatic heterocycles. The van der Waals surface area contributed by atoms with Crippen molar-refractivity contribution in [3.8, 4) is 0 Å². The fraction of sp³-hybridized carbons (Fsp3) is 0.704. The fourth-order valence-electron chi connectivity index (χ4n) is 6.48. The molecule has 1 N–H and O–H groups in total. The van der Waals surface area contributed by atoms with Crippen LogP contribution in [-0.2, 0) is 32.7 Å². The number of allylic oxidation sites excluding steroid dienone is 14. The van der Waals surface area contributed by atoms with Crippen molar-refractivity contribution in [1.82, 2.24) is 0 Å². The number of phosphoric acid groups is 1. The minimum absolute atomic E-state index is 0.0247. The molecular formula is C54H95NO8P+. The van der Waals surface area contributed by atoms with Crippen molar-refractivity contribution in [1.29, 1.82) is 0 Å². The van der Waals surface area contributed by atoms with Crippen LogP contribution in [0.1, 0.15) is 194 Å². The van der Waals surface area contributed by atoms with Crippen molar-refractivity contribution in [2.75, 3.05) is 47.5 Å². The lowest BCUT2D eigenvalue weighted by atomic mass is 10.1. The summed E-state index contributed by atoms with van der Waals surface area (Å²) >= 11 is 0. The Labute approximate surface area is 392 Å². The van der Waals surface area contributed by atoms with Gasteiger partial charge in [0, 0.05) is 12.8 Å². The number of hydrogen-bond acceptors (Lipinski definition) is 7. The number of carbonyl (C=O) groups excluding carboxylic acids is 2. The van der Waals surface area contributed by atoms with Crippen LogP contribution in [0.3, 0.4) is 0 Å². The Morgan fingerprint density at radius 3 is 1.34 bits per heavy atom. The topological polar surface area (TPSA) is 108 Å². The van der Waals surface area contributed by atoms with Gasteiger partial charge in [0.05, 0.1) is 27.7 Å². The van der Waals surface area contributed by atoms with Crippen LogP contribution in [0.2, 0.25) is 0 Å². The summed E-state index contributed by atoms with van der Waals surface area (Å²) in [6.45, 7) is 4.27. The Morgan fingerprint density at radius 1 is 0.500 bits per heavy atom. The van der Waals surface area contributed by atoms with Crippen molar-refractivity contribution < 1.29 is 42.1 Å². The maximum absolute atomic E-state index is 12.8. The Bertz CT molecular complexity index is 1360. The van der Waals surface area contributed by atoms with Crippen LogP contribution in [-0.4, -0.2) is 74.9 Å². The van der Waals surface area contributed by atoms with Crippen LogP contribution in [0.4, 0.5) is 0 Å². The van der Waals surface area contributed by atoms with E-state index in [-0.39, 0.29) is 32.0 Å². The lowest BCUT2D eigenvalue weighted by molar-refractivity contribution is -0.870. The van der Waals surface area contributed by atoms with Crippen LogP contribution in [0.25, 0.3) is 0 Å². The summed E-state index contributed by atoms with van der Waals surface area (Å²) in [6, 6.07) is 0. The van der Waals surface area contributed by atoms with Gasteiger partial charge < -0.3 is 18.9 Å². The van der Waals surface area contributed by atoms with Crippen LogP contribution in [0.15, 0.2) is 85.1 Å². The zero-order valence-corrected chi connectivity index (χ0v) is 42.4. The molecule has 0 spiro atoms. The molecule has 0 aliphatic carbocycles. The Balaban J connectivity index is 4.26. The molecule has 0 aromatic carbocycles. The molecule has 2 unspecified atom stereocenters. The third kappa shape index (κ3) is 48.6. The first kappa shape index (κ1) is 61.2. The smallest absolute Gasteiger partial charge is 0.462 e. The third-order valence-corrected chi connectivity index (χ3v) is 11.4. The van der Waals surface area contributed by atoms with E-state index >= 15 is 0 Å². The first-order valence-electron chi connectivity index (χ1n) is 25.3. The van der Waals surface area contributed by atoms with Crippen molar-refractivity contribution in [2.45, 2.75) is 200 Å². The van der Waals surface area contributed by atoms with Gasteiger partial charge in [-0.2, -0.15) is 0 Å². The lowest BCUT2D eigenvalue weighted by Crippen LogP contribution is -2.37. The number of nitrogens with zero attached hydrogens (tertiary/aromatic N) is 1. The van der Waals surface area contributed by atoms with E-state index in [1.165, 1.54) is 57.8 Å². The second-order valence-corrected chi connectivity index (χ2v) is 19.3. The zero-order chi connectivity index (χ0) is 47.1. The highest BCUT2D eigenvalue weighted by Gasteiger charge is 2.27. The number of hydrogen-bond donors (Lipinski definition) is 1. The normalized spacial score (nSPS) is 14.2. The molecule has 0 saturated carbocycles. The molecule has 0 rings (SSSR count). The van der Waals surface area contributed by atoms with E-state index in [1.54, 1.807) is 0 Å². The number of ether oxygens (including phenoxy) is 2. The van der Waals surface area contributed by atoms with E-state index in [0.717, 1.165) is 103 Å². The first-order valence-corrected chi connectivity index (χ1v) is 26.8. The van der Waals surface area contributed by atoms with Gasteiger partial charge in [0.2, 0.25) is 0 Å². The highest BCUT2D eigenvalue weighted by molar-refractivity contribution is 7.47. The Kier molecular flexibility index (Phi) is 43.4. The Morgan fingerprint density at radius 2 is 0.891 bits per heavy atom. The van der Waals surface area contributed by atoms with E-state index in [9.17, 15) is 19.0 Å². The zero-order valence-electron chi connectivity index (χ0n) is 41.5. The molecule has 10 heteroatoms. The van der Waals surface area contributed by atoms with Gasteiger partial charge in [0.25, 0.3) is 0 Å². The maximum Gasteiger partial charge on any atom is 0.472 e. The molecule has 0 saturated heterocycles. The number of rotatable bonds is 45. The fourth-order valence-corrected chi connectivity index (χ4v) is 7.22. The average molecular weight is 917 g/mol. The average Bonchev–Trinajstić information content (AvgIpc) is 3.25. The molecule has 368 valence electrons. The minimum atomic E-state index is -4.39. The van der Waals surface area contributed by atoms with E-state index in [2.05, 4.69) is 98.9 Å². The van der Waals surface area contributed by atoms with Crippen molar-refractivity contribution in [3.63, 3.8) is 0 Å². The number of likely N-dealkylation sites (N-methyl/N-ethyl adjacent to an activating group) is 1. The molecule has 2 atom stereocenters. The highest BCUT2D eigenvalue weighted by Crippen LogP contribution is 2.43. The Hall–Kier alpha value is -2.81.